The van der Waals surface area contributed by atoms with E-state index in [1.54, 1.807) is 19.1 Å². The number of para-hydroxylation sites is 1. The molecule has 7 heteroatoms. The topological polar surface area (TPSA) is 88.8 Å². The molecule has 23 heavy (non-hydrogen) atoms. The number of ether oxygens (including phenoxy) is 1. The van der Waals surface area contributed by atoms with Gasteiger partial charge in [-0.25, -0.2) is 9.18 Å². The minimum absolute atomic E-state index is 0.0275. The van der Waals surface area contributed by atoms with E-state index in [1.165, 1.54) is 18.2 Å². The number of amides is 1. The molecule has 122 valence electrons. The summed E-state index contributed by atoms with van der Waals surface area (Å²) in [6.07, 6.45) is 0.366. The monoisotopic (exact) mass is 321 g/mol. The molecule has 1 aromatic carbocycles. The number of furan rings is 1. The molecule has 1 aromatic heterocycles. The molecule has 0 aliphatic heterocycles. The number of hydrogen-bond acceptors (Lipinski definition) is 4. The zero-order chi connectivity index (χ0) is 16.8. The van der Waals surface area contributed by atoms with Crippen LogP contribution in [0, 0.1) is 5.82 Å². The van der Waals surface area contributed by atoms with Gasteiger partial charge in [0.25, 0.3) is 5.91 Å². The summed E-state index contributed by atoms with van der Waals surface area (Å²) in [6, 6.07) is 7.13. The van der Waals surface area contributed by atoms with E-state index in [0.717, 1.165) is 0 Å². The highest BCUT2D eigenvalue weighted by atomic mass is 19.1. The number of benzene rings is 1. The number of aryl methyl sites for hydroxylation is 1. The van der Waals surface area contributed by atoms with E-state index in [2.05, 4.69) is 5.32 Å². The molecular formula is C16H16FNO5. The Morgan fingerprint density at radius 2 is 2.09 bits per heavy atom. The average Bonchev–Trinajstić information content (AvgIpc) is 2.97. The largest absolute Gasteiger partial charge is 0.489 e. The van der Waals surface area contributed by atoms with Gasteiger partial charge < -0.3 is 19.6 Å². The Kier molecular flexibility index (Phi) is 5.35. The van der Waals surface area contributed by atoms with Crippen molar-refractivity contribution in [3.8, 4) is 5.75 Å². The molecule has 1 amide bonds. The summed E-state index contributed by atoms with van der Waals surface area (Å²) in [5, 5.41) is 11.5. The van der Waals surface area contributed by atoms with Gasteiger partial charge in [0.1, 0.15) is 17.9 Å². The lowest BCUT2D eigenvalue weighted by Gasteiger charge is -2.07. The summed E-state index contributed by atoms with van der Waals surface area (Å²) in [5.74, 6) is -1.92. The second-order valence-electron chi connectivity index (χ2n) is 4.64. The minimum atomic E-state index is -1.15. The van der Waals surface area contributed by atoms with Crippen molar-refractivity contribution in [2.75, 3.05) is 13.2 Å². The van der Waals surface area contributed by atoms with Gasteiger partial charge in [0.2, 0.25) is 0 Å². The molecular weight excluding hydrogens is 305 g/mol. The van der Waals surface area contributed by atoms with E-state index in [4.69, 9.17) is 14.3 Å². The third kappa shape index (κ3) is 4.09. The van der Waals surface area contributed by atoms with Crippen molar-refractivity contribution in [1.82, 2.24) is 5.32 Å². The van der Waals surface area contributed by atoms with Crippen LogP contribution in [-0.2, 0) is 6.42 Å². The van der Waals surface area contributed by atoms with Gasteiger partial charge in [-0.3, -0.25) is 4.79 Å². The zero-order valence-electron chi connectivity index (χ0n) is 12.5. The van der Waals surface area contributed by atoms with E-state index in [9.17, 15) is 14.0 Å². The molecule has 0 radical (unpaired) electrons. The molecule has 2 rings (SSSR count). The van der Waals surface area contributed by atoms with Crippen LogP contribution in [0.25, 0.3) is 0 Å². The Hall–Kier alpha value is -2.83. The van der Waals surface area contributed by atoms with Crippen LogP contribution in [0.4, 0.5) is 4.39 Å². The maximum absolute atomic E-state index is 13.3. The van der Waals surface area contributed by atoms with Crippen molar-refractivity contribution in [3.05, 3.63) is 53.2 Å². The summed E-state index contributed by atoms with van der Waals surface area (Å²) in [4.78, 5) is 22.9. The van der Waals surface area contributed by atoms with Crippen molar-refractivity contribution in [2.24, 2.45) is 0 Å². The summed E-state index contributed by atoms with van der Waals surface area (Å²) >= 11 is 0. The van der Waals surface area contributed by atoms with Crippen LogP contribution in [0.15, 0.2) is 34.7 Å². The van der Waals surface area contributed by atoms with Crippen molar-refractivity contribution in [3.63, 3.8) is 0 Å². The van der Waals surface area contributed by atoms with Gasteiger partial charge in [0.15, 0.2) is 17.3 Å². The molecule has 0 aliphatic carbocycles. The molecule has 0 fully saturated rings. The van der Waals surface area contributed by atoms with Gasteiger partial charge in [-0.05, 0) is 12.1 Å². The lowest BCUT2D eigenvalue weighted by molar-refractivity contribution is 0.0694. The van der Waals surface area contributed by atoms with E-state index in [1.807, 2.05) is 0 Å². The first-order valence-electron chi connectivity index (χ1n) is 7.04. The Labute approximate surface area is 131 Å². The highest BCUT2D eigenvalue weighted by Gasteiger charge is 2.19. The van der Waals surface area contributed by atoms with E-state index in [0.29, 0.717) is 6.42 Å². The molecule has 0 saturated heterocycles. The number of carbonyl (C=O) groups is 2. The van der Waals surface area contributed by atoms with E-state index >= 15 is 0 Å². The van der Waals surface area contributed by atoms with Gasteiger partial charge in [-0.15, -0.1) is 0 Å². The molecule has 0 atom stereocenters. The fraction of sp³-hybridized carbons (Fsp3) is 0.250. The quantitative estimate of drug-likeness (QED) is 0.765. The van der Waals surface area contributed by atoms with Gasteiger partial charge in [-0.2, -0.15) is 0 Å². The summed E-state index contributed by atoms with van der Waals surface area (Å²) in [5.41, 5.74) is -0.0275. The zero-order valence-corrected chi connectivity index (χ0v) is 12.5. The average molecular weight is 321 g/mol. The van der Waals surface area contributed by atoms with Crippen LogP contribution in [0.3, 0.4) is 0 Å². The normalized spacial score (nSPS) is 10.3. The maximum Gasteiger partial charge on any atom is 0.339 e. The second-order valence-corrected chi connectivity index (χ2v) is 4.64. The number of nitrogens with one attached hydrogen (secondary N) is 1. The molecule has 1 heterocycles. The summed E-state index contributed by atoms with van der Waals surface area (Å²) in [7, 11) is 0. The lowest BCUT2D eigenvalue weighted by Crippen LogP contribution is -2.27. The predicted octanol–water partition coefficient (Wildman–Crippen LogP) is 2.49. The first-order valence-corrected chi connectivity index (χ1v) is 7.04. The van der Waals surface area contributed by atoms with E-state index in [-0.39, 0.29) is 36.0 Å². The van der Waals surface area contributed by atoms with Crippen LogP contribution in [-0.4, -0.2) is 30.1 Å². The Morgan fingerprint density at radius 3 is 2.70 bits per heavy atom. The highest BCUT2D eigenvalue weighted by molar-refractivity contribution is 5.96. The van der Waals surface area contributed by atoms with Crippen LogP contribution >= 0.6 is 0 Å². The highest BCUT2D eigenvalue weighted by Crippen LogP contribution is 2.17. The number of hydrogen-bond donors (Lipinski definition) is 2. The minimum Gasteiger partial charge on any atom is -0.489 e. The Balaban J connectivity index is 1.88. The van der Waals surface area contributed by atoms with E-state index < -0.39 is 17.7 Å². The molecule has 6 nitrogen and oxygen atoms in total. The SMILES string of the molecule is CCc1oc(C(=O)NCCOc2ccccc2F)cc1C(=O)O. The fourth-order valence-electron chi connectivity index (χ4n) is 1.96. The predicted molar refractivity (Wildman–Crippen MR) is 79.3 cm³/mol. The molecule has 2 N–H and O–H groups in total. The van der Waals surface area contributed by atoms with Crippen LogP contribution in [0.2, 0.25) is 0 Å². The number of aromatic carboxylic acids is 1. The summed E-state index contributed by atoms with van der Waals surface area (Å²) in [6.45, 7) is 1.92. The third-order valence-corrected chi connectivity index (χ3v) is 3.07. The van der Waals surface area contributed by atoms with Crippen molar-refractivity contribution in [2.45, 2.75) is 13.3 Å². The first kappa shape index (κ1) is 16.5. The molecule has 0 aliphatic rings. The number of rotatable bonds is 7. The standard InChI is InChI=1S/C16H16FNO5/c1-2-12-10(16(20)21)9-14(23-12)15(19)18-7-8-22-13-6-4-3-5-11(13)17/h3-6,9H,2,7-8H2,1H3,(H,18,19)(H,20,21). The van der Waals surface area contributed by atoms with Gasteiger partial charge in [0.05, 0.1) is 6.54 Å². The van der Waals surface area contributed by atoms with Gasteiger partial charge in [-0.1, -0.05) is 19.1 Å². The third-order valence-electron chi connectivity index (χ3n) is 3.07. The van der Waals surface area contributed by atoms with Gasteiger partial charge in [0, 0.05) is 12.5 Å². The smallest absolute Gasteiger partial charge is 0.339 e. The summed E-state index contributed by atoms with van der Waals surface area (Å²) < 4.78 is 23.7. The molecule has 0 bridgehead atoms. The fourth-order valence-corrected chi connectivity index (χ4v) is 1.96. The molecule has 0 unspecified atom stereocenters. The molecule has 0 spiro atoms. The maximum atomic E-state index is 13.3. The Morgan fingerprint density at radius 1 is 1.35 bits per heavy atom. The number of carboxylic acid groups (broad SMARTS) is 1. The van der Waals surface area contributed by atoms with Crippen molar-refractivity contribution >= 4 is 11.9 Å². The van der Waals surface area contributed by atoms with Crippen LogP contribution < -0.4 is 10.1 Å². The molecule has 2 aromatic rings. The van der Waals surface area contributed by atoms with Crippen LogP contribution in [0.1, 0.15) is 33.6 Å². The second kappa shape index (κ2) is 7.44. The lowest BCUT2D eigenvalue weighted by atomic mass is 10.2. The number of carboxylic acids is 1. The first-order chi connectivity index (χ1) is 11.0. The van der Waals surface area contributed by atoms with Crippen LogP contribution in [0.5, 0.6) is 5.75 Å². The Bertz CT molecular complexity index is 710. The number of carbonyl (C=O) groups excluding carboxylic acids is 1. The molecule has 0 saturated carbocycles. The number of halogens is 1. The van der Waals surface area contributed by atoms with Crippen molar-refractivity contribution < 1.29 is 28.2 Å². The van der Waals surface area contributed by atoms with Gasteiger partial charge >= 0.3 is 5.97 Å². The van der Waals surface area contributed by atoms with Crippen molar-refractivity contribution in [1.29, 1.82) is 0 Å².